The minimum absolute atomic E-state index is 0.00912. The molecule has 2 fully saturated rings. The zero-order valence-corrected chi connectivity index (χ0v) is 17.8. The molecule has 1 N–H and O–H groups in total. The number of hydrogen-bond acceptors (Lipinski definition) is 5. The van der Waals surface area contributed by atoms with E-state index in [1.54, 1.807) is 6.92 Å². The van der Waals surface area contributed by atoms with E-state index >= 15 is 0 Å². The van der Waals surface area contributed by atoms with Crippen molar-refractivity contribution in [1.82, 2.24) is 0 Å². The largest absolute Gasteiger partial charge is 0.463 e. The van der Waals surface area contributed by atoms with Crippen molar-refractivity contribution in [1.29, 1.82) is 0 Å². The number of carbonyl (C=O) groups is 1. The van der Waals surface area contributed by atoms with Crippen molar-refractivity contribution in [2.45, 2.75) is 84.4 Å². The first kappa shape index (κ1) is 21.1. The summed E-state index contributed by atoms with van der Waals surface area (Å²) in [5.74, 6) is 5.05. The van der Waals surface area contributed by atoms with Crippen molar-refractivity contribution in [3.05, 3.63) is 23.3 Å². The first-order chi connectivity index (χ1) is 13.1. The van der Waals surface area contributed by atoms with Crippen molar-refractivity contribution in [3.8, 4) is 11.8 Å². The van der Waals surface area contributed by atoms with Gasteiger partial charge in [0, 0.05) is 23.0 Å². The van der Waals surface area contributed by atoms with Crippen molar-refractivity contribution in [3.63, 3.8) is 0 Å². The molecular formula is C23H32O5. The fourth-order valence-electron chi connectivity index (χ4n) is 4.52. The molecule has 5 nitrogen and oxygen atoms in total. The van der Waals surface area contributed by atoms with E-state index in [9.17, 15) is 9.90 Å². The first-order valence-corrected chi connectivity index (χ1v) is 10.3. The Morgan fingerprint density at radius 2 is 2.00 bits per heavy atom. The summed E-state index contributed by atoms with van der Waals surface area (Å²) in [5, 5.41) is 11.5. The van der Waals surface area contributed by atoms with Crippen molar-refractivity contribution < 1.29 is 24.1 Å². The number of carbonyl (C=O) groups excluding carboxylic acids is 1. The maximum absolute atomic E-state index is 11.8. The topological polar surface area (TPSA) is 65.0 Å². The highest BCUT2D eigenvalue weighted by Crippen LogP contribution is 2.70. The Hall–Kier alpha value is -1.61. The van der Waals surface area contributed by atoms with Crippen LogP contribution in [-0.4, -0.2) is 41.3 Å². The van der Waals surface area contributed by atoms with Crippen LogP contribution in [0.1, 0.15) is 60.8 Å². The van der Waals surface area contributed by atoms with Crippen LogP contribution in [0, 0.1) is 23.2 Å². The Balaban J connectivity index is 1.93. The van der Waals surface area contributed by atoms with Crippen LogP contribution in [-0.2, 0) is 19.0 Å². The van der Waals surface area contributed by atoms with Crippen LogP contribution in [0.15, 0.2) is 23.3 Å². The number of hydrogen-bond donors (Lipinski definition) is 1. The molecule has 154 valence electrons. The summed E-state index contributed by atoms with van der Waals surface area (Å²) in [4.78, 5) is 11.8. The quantitative estimate of drug-likeness (QED) is 0.346. The highest BCUT2D eigenvalue weighted by atomic mass is 16.8. The standard InChI is InChI=1S/C23H32O5/c1-7-9-18(12-20(24)26-8-2)10-11-22(25)15(3)13-23(19-14-21(19,22)6)27-16(4)17(5)28-23/h12-13,16-17,19,25H,7-9,14H2,1-6H3. The zero-order chi connectivity index (χ0) is 20.7. The molecule has 5 heteroatoms. The number of aliphatic hydroxyl groups is 1. The number of esters is 1. The molecule has 0 aromatic rings. The highest BCUT2D eigenvalue weighted by molar-refractivity contribution is 5.83. The number of ether oxygens (including phenoxy) is 3. The van der Waals surface area contributed by atoms with E-state index in [4.69, 9.17) is 14.2 Å². The summed E-state index contributed by atoms with van der Waals surface area (Å²) in [6, 6.07) is 0. The monoisotopic (exact) mass is 388 g/mol. The normalized spacial score (nSPS) is 41.8. The smallest absolute Gasteiger partial charge is 0.331 e. The maximum Gasteiger partial charge on any atom is 0.331 e. The predicted molar refractivity (Wildman–Crippen MR) is 106 cm³/mol. The molecule has 5 unspecified atom stereocenters. The molecule has 1 heterocycles. The fourth-order valence-corrected chi connectivity index (χ4v) is 4.52. The Bertz CT molecular complexity index is 760. The van der Waals surface area contributed by atoms with Crippen LogP contribution in [0.3, 0.4) is 0 Å². The second-order valence-electron chi connectivity index (χ2n) is 8.50. The lowest BCUT2D eigenvalue weighted by Gasteiger charge is -2.41. The van der Waals surface area contributed by atoms with Crippen LogP contribution in [0.25, 0.3) is 0 Å². The molecule has 0 aromatic carbocycles. The predicted octanol–water partition coefficient (Wildman–Crippen LogP) is 3.52. The Labute approximate surface area is 168 Å². The van der Waals surface area contributed by atoms with Gasteiger partial charge in [0.05, 0.1) is 18.8 Å². The van der Waals surface area contributed by atoms with Gasteiger partial charge in [-0.25, -0.2) is 4.79 Å². The van der Waals surface area contributed by atoms with Gasteiger partial charge in [0.15, 0.2) is 11.4 Å². The molecule has 1 saturated heterocycles. The second-order valence-corrected chi connectivity index (χ2v) is 8.50. The molecule has 0 aromatic heterocycles. The van der Waals surface area contributed by atoms with Gasteiger partial charge in [0.2, 0.25) is 0 Å². The molecular weight excluding hydrogens is 356 g/mol. The molecule has 1 spiro atoms. The zero-order valence-electron chi connectivity index (χ0n) is 17.8. The lowest BCUT2D eigenvalue weighted by Crippen LogP contribution is -2.49. The first-order valence-electron chi connectivity index (χ1n) is 10.3. The van der Waals surface area contributed by atoms with Gasteiger partial charge in [-0.3, -0.25) is 0 Å². The van der Waals surface area contributed by atoms with Crippen molar-refractivity contribution in [2.75, 3.05) is 6.61 Å². The van der Waals surface area contributed by atoms with Gasteiger partial charge in [-0.2, -0.15) is 0 Å². The molecule has 1 saturated carbocycles. The summed E-state index contributed by atoms with van der Waals surface area (Å²) >= 11 is 0. The van der Waals surface area contributed by atoms with Gasteiger partial charge in [-0.05, 0) is 52.2 Å². The molecule has 0 amide bonds. The van der Waals surface area contributed by atoms with Crippen LogP contribution < -0.4 is 0 Å². The molecule has 5 atom stereocenters. The van der Waals surface area contributed by atoms with E-state index < -0.39 is 22.8 Å². The molecule has 2 aliphatic carbocycles. The van der Waals surface area contributed by atoms with Crippen LogP contribution in [0.5, 0.6) is 0 Å². The fraction of sp³-hybridized carbons (Fsp3) is 0.696. The van der Waals surface area contributed by atoms with E-state index in [-0.39, 0.29) is 18.1 Å². The third kappa shape index (κ3) is 3.32. The summed E-state index contributed by atoms with van der Waals surface area (Å²) in [5.41, 5.74) is -0.292. The minimum atomic E-state index is -1.27. The lowest BCUT2D eigenvalue weighted by atomic mass is 9.73. The lowest BCUT2D eigenvalue weighted by molar-refractivity contribution is -0.171. The van der Waals surface area contributed by atoms with Gasteiger partial charge in [-0.1, -0.05) is 32.1 Å². The van der Waals surface area contributed by atoms with Gasteiger partial charge >= 0.3 is 5.97 Å². The number of fused-ring (bicyclic) bond motifs is 2. The van der Waals surface area contributed by atoms with Crippen molar-refractivity contribution in [2.24, 2.45) is 11.3 Å². The average molecular weight is 389 g/mol. The van der Waals surface area contributed by atoms with E-state index in [0.29, 0.717) is 18.6 Å². The van der Waals surface area contributed by atoms with E-state index in [1.165, 1.54) is 6.08 Å². The summed E-state index contributed by atoms with van der Waals surface area (Å²) in [7, 11) is 0. The summed E-state index contributed by atoms with van der Waals surface area (Å²) in [6.07, 6.45) is 5.66. The molecule has 3 aliphatic rings. The number of allylic oxidation sites excluding steroid dienone is 1. The van der Waals surface area contributed by atoms with Crippen molar-refractivity contribution >= 4 is 5.97 Å². The molecule has 3 rings (SSSR count). The summed E-state index contributed by atoms with van der Waals surface area (Å²) < 4.78 is 17.4. The van der Waals surface area contributed by atoms with Crippen LogP contribution in [0.4, 0.5) is 0 Å². The third-order valence-corrected chi connectivity index (χ3v) is 6.44. The SMILES string of the molecule is CCCC(C#CC1(O)C(C)=CC2(OC(C)C(C)O2)C2CC21C)=CC(=O)OCC. The van der Waals surface area contributed by atoms with Gasteiger partial charge in [0.1, 0.15) is 0 Å². The highest BCUT2D eigenvalue weighted by Gasteiger charge is 2.75. The Morgan fingerprint density at radius 3 is 2.57 bits per heavy atom. The average Bonchev–Trinajstić information content (AvgIpc) is 3.25. The molecule has 0 bridgehead atoms. The second kappa shape index (κ2) is 7.33. The van der Waals surface area contributed by atoms with Crippen LogP contribution >= 0.6 is 0 Å². The van der Waals surface area contributed by atoms with E-state index in [2.05, 4.69) is 11.8 Å². The third-order valence-electron chi connectivity index (χ3n) is 6.44. The molecule has 28 heavy (non-hydrogen) atoms. The van der Waals surface area contributed by atoms with Gasteiger partial charge in [-0.15, -0.1) is 0 Å². The number of rotatable bonds is 4. The van der Waals surface area contributed by atoms with E-state index in [1.807, 2.05) is 40.7 Å². The minimum Gasteiger partial charge on any atom is -0.463 e. The molecule has 1 aliphatic heterocycles. The Kier molecular flexibility index (Phi) is 5.53. The van der Waals surface area contributed by atoms with E-state index in [0.717, 1.165) is 18.4 Å². The maximum atomic E-state index is 11.8. The van der Waals surface area contributed by atoms with Gasteiger partial charge in [0.25, 0.3) is 0 Å². The van der Waals surface area contributed by atoms with Gasteiger partial charge < -0.3 is 19.3 Å². The molecule has 0 radical (unpaired) electrons. The van der Waals surface area contributed by atoms with Crippen LogP contribution in [0.2, 0.25) is 0 Å². The summed E-state index contributed by atoms with van der Waals surface area (Å²) in [6.45, 7) is 12.1. The Morgan fingerprint density at radius 1 is 1.36 bits per heavy atom.